The van der Waals surface area contributed by atoms with Gasteiger partial charge in [-0.1, -0.05) is 31.6 Å². The highest BCUT2D eigenvalue weighted by Crippen LogP contribution is 2.29. The summed E-state index contributed by atoms with van der Waals surface area (Å²) in [7, 11) is 0. The molecule has 5 nitrogen and oxygen atoms in total. The predicted octanol–water partition coefficient (Wildman–Crippen LogP) is 2.31. The first-order valence-corrected chi connectivity index (χ1v) is 7.73. The van der Waals surface area contributed by atoms with Crippen LogP contribution >= 0.6 is 0 Å². The molecular formula is C17H22N2O3. The minimum atomic E-state index is -0.602. The van der Waals surface area contributed by atoms with E-state index < -0.39 is 11.9 Å². The molecule has 2 aliphatic rings. The van der Waals surface area contributed by atoms with E-state index in [1.807, 2.05) is 25.2 Å². The van der Waals surface area contributed by atoms with Gasteiger partial charge in [-0.05, 0) is 25.8 Å². The van der Waals surface area contributed by atoms with Crippen molar-refractivity contribution in [1.82, 2.24) is 5.32 Å². The molecule has 1 aliphatic heterocycles. The van der Waals surface area contributed by atoms with E-state index in [0.29, 0.717) is 18.0 Å². The number of carbonyl (C=O) groups excluding carboxylic acids is 2. The Hall–Kier alpha value is -2.17. The highest BCUT2D eigenvalue weighted by atomic mass is 16.5. The molecule has 0 fully saturated rings. The maximum atomic E-state index is 12.3. The molecule has 5 heteroatoms. The molecule has 1 atom stereocenters. The molecule has 0 radical (unpaired) electrons. The first-order chi connectivity index (χ1) is 10.6. The van der Waals surface area contributed by atoms with Gasteiger partial charge in [0.15, 0.2) is 0 Å². The normalized spacial score (nSPS) is 20.3. The van der Waals surface area contributed by atoms with Gasteiger partial charge in [0.25, 0.3) is 5.91 Å². The minimum absolute atomic E-state index is 0.0334. The molecule has 0 aromatic carbocycles. The first kappa shape index (κ1) is 16.2. The Morgan fingerprint density at radius 1 is 1.41 bits per heavy atom. The van der Waals surface area contributed by atoms with Crippen LogP contribution < -0.4 is 5.32 Å². The summed E-state index contributed by atoms with van der Waals surface area (Å²) < 4.78 is 5.03. The first-order valence-electron chi connectivity index (χ1n) is 7.73. The summed E-state index contributed by atoms with van der Waals surface area (Å²) in [6, 6.07) is 0. The lowest BCUT2D eigenvalue weighted by molar-refractivity contribution is -0.140. The number of allylic oxidation sites excluding steroid dienone is 4. The van der Waals surface area contributed by atoms with Crippen molar-refractivity contribution < 1.29 is 14.3 Å². The van der Waals surface area contributed by atoms with Gasteiger partial charge in [-0.15, -0.1) is 0 Å². The van der Waals surface area contributed by atoms with Gasteiger partial charge in [0.1, 0.15) is 5.57 Å². The van der Waals surface area contributed by atoms with Crippen molar-refractivity contribution in [3.63, 3.8) is 0 Å². The van der Waals surface area contributed by atoms with Crippen LogP contribution in [-0.4, -0.2) is 30.7 Å². The van der Waals surface area contributed by atoms with Gasteiger partial charge >= 0.3 is 5.97 Å². The molecule has 1 heterocycles. The average molecular weight is 302 g/mol. The maximum Gasteiger partial charge on any atom is 0.345 e. The van der Waals surface area contributed by atoms with Crippen LogP contribution in [-0.2, 0) is 14.3 Å². The van der Waals surface area contributed by atoms with Crippen molar-refractivity contribution >= 4 is 17.6 Å². The molecule has 1 N–H and O–H groups in total. The van der Waals surface area contributed by atoms with Crippen LogP contribution in [0.25, 0.3) is 0 Å². The van der Waals surface area contributed by atoms with Gasteiger partial charge in [0.05, 0.1) is 18.2 Å². The fourth-order valence-electron chi connectivity index (χ4n) is 2.56. The Labute approximate surface area is 130 Å². The van der Waals surface area contributed by atoms with Crippen LogP contribution in [0.5, 0.6) is 0 Å². The third kappa shape index (κ3) is 3.18. The van der Waals surface area contributed by atoms with Gasteiger partial charge in [-0.25, -0.2) is 9.79 Å². The monoisotopic (exact) mass is 302 g/mol. The molecular weight excluding hydrogens is 280 g/mol. The van der Waals surface area contributed by atoms with Gasteiger partial charge < -0.3 is 10.1 Å². The number of nitrogens with zero attached hydrogens (tertiary/aromatic N) is 1. The van der Waals surface area contributed by atoms with E-state index in [9.17, 15) is 9.59 Å². The largest absolute Gasteiger partial charge is 0.462 e. The highest BCUT2D eigenvalue weighted by Gasteiger charge is 2.36. The smallest absolute Gasteiger partial charge is 0.345 e. The molecule has 22 heavy (non-hydrogen) atoms. The van der Waals surface area contributed by atoms with E-state index >= 15 is 0 Å². The zero-order valence-corrected chi connectivity index (χ0v) is 13.3. The molecule has 1 aliphatic carbocycles. The zero-order valence-electron chi connectivity index (χ0n) is 13.3. The van der Waals surface area contributed by atoms with Crippen molar-refractivity contribution in [1.29, 1.82) is 0 Å². The number of aliphatic imine (C=N–C) groups is 1. The molecule has 0 spiro atoms. The number of nitrogens with one attached hydrogen (secondary N) is 1. The minimum Gasteiger partial charge on any atom is -0.462 e. The van der Waals surface area contributed by atoms with Crippen LogP contribution in [0.3, 0.4) is 0 Å². The van der Waals surface area contributed by atoms with Gasteiger partial charge in [0, 0.05) is 12.2 Å². The van der Waals surface area contributed by atoms with Crippen LogP contribution in [0.15, 0.2) is 40.1 Å². The lowest BCUT2D eigenvalue weighted by Crippen LogP contribution is -2.36. The van der Waals surface area contributed by atoms with E-state index in [4.69, 9.17) is 4.74 Å². The lowest BCUT2D eigenvalue weighted by atomic mass is 9.85. The summed E-state index contributed by atoms with van der Waals surface area (Å²) in [5.41, 5.74) is 2.30. The lowest BCUT2D eigenvalue weighted by Gasteiger charge is -2.28. The number of rotatable bonds is 6. The van der Waals surface area contributed by atoms with E-state index in [0.717, 1.165) is 18.4 Å². The number of dihydropyridines is 1. The number of ether oxygens (including phenoxy) is 1. The van der Waals surface area contributed by atoms with Crippen molar-refractivity contribution in [2.24, 2.45) is 10.9 Å². The van der Waals surface area contributed by atoms with Gasteiger partial charge in [-0.2, -0.15) is 0 Å². The molecule has 0 aromatic heterocycles. The van der Waals surface area contributed by atoms with E-state index in [2.05, 4.69) is 17.2 Å². The second-order valence-electron chi connectivity index (χ2n) is 5.30. The van der Waals surface area contributed by atoms with Crippen LogP contribution in [0, 0.1) is 5.92 Å². The number of carbonyl (C=O) groups is 2. The summed E-state index contributed by atoms with van der Waals surface area (Å²) in [6.45, 7) is 6.67. The van der Waals surface area contributed by atoms with Gasteiger partial charge in [-0.3, -0.25) is 4.79 Å². The standard InChI is InChI=1S/C17H22N2O3/c1-4-6-10-18-15-12-9-7-8-11(3)14(12)19-16(20)13(15)17(21)22-5-2/h7-9,12,18H,4-6,10H2,1-3H3. The number of esters is 1. The van der Waals surface area contributed by atoms with Gasteiger partial charge in [0.2, 0.25) is 0 Å². The SMILES string of the molecule is CCCCNC1=C(C(=O)OCC)C(=O)N=C2C(C)=CC=CC21. The Bertz CT molecular complexity index is 597. The summed E-state index contributed by atoms with van der Waals surface area (Å²) in [5.74, 6) is -1.30. The van der Waals surface area contributed by atoms with E-state index in [1.54, 1.807) is 6.92 Å². The topological polar surface area (TPSA) is 67.8 Å². The summed E-state index contributed by atoms with van der Waals surface area (Å²) in [5, 5.41) is 3.26. The van der Waals surface area contributed by atoms with Crippen molar-refractivity contribution in [3.8, 4) is 0 Å². The van der Waals surface area contributed by atoms with Crippen LogP contribution in [0.1, 0.15) is 33.6 Å². The predicted molar refractivity (Wildman–Crippen MR) is 85.4 cm³/mol. The number of hydrogen-bond acceptors (Lipinski definition) is 4. The number of fused-ring (bicyclic) bond motifs is 1. The molecule has 1 amide bonds. The molecule has 0 saturated heterocycles. The fourth-order valence-corrected chi connectivity index (χ4v) is 2.56. The van der Waals surface area contributed by atoms with Crippen molar-refractivity contribution in [3.05, 3.63) is 35.1 Å². The summed E-state index contributed by atoms with van der Waals surface area (Å²) in [6.07, 6.45) is 7.79. The quantitative estimate of drug-likeness (QED) is 0.464. The number of hydrogen-bond donors (Lipinski definition) is 1. The Morgan fingerprint density at radius 2 is 2.18 bits per heavy atom. The summed E-state index contributed by atoms with van der Waals surface area (Å²) >= 11 is 0. The third-order valence-electron chi connectivity index (χ3n) is 3.69. The maximum absolute atomic E-state index is 12.3. The summed E-state index contributed by atoms with van der Waals surface area (Å²) in [4.78, 5) is 28.6. The average Bonchev–Trinajstić information content (AvgIpc) is 2.48. The Kier molecular flexibility index (Phi) is 5.31. The Balaban J connectivity index is 2.40. The molecule has 2 rings (SSSR count). The van der Waals surface area contributed by atoms with E-state index in [-0.39, 0.29) is 18.1 Å². The van der Waals surface area contributed by atoms with Crippen LogP contribution in [0.2, 0.25) is 0 Å². The molecule has 0 bridgehead atoms. The molecule has 0 saturated carbocycles. The molecule has 118 valence electrons. The zero-order chi connectivity index (χ0) is 16.1. The van der Waals surface area contributed by atoms with Crippen molar-refractivity contribution in [2.75, 3.05) is 13.2 Å². The third-order valence-corrected chi connectivity index (χ3v) is 3.69. The van der Waals surface area contributed by atoms with E-state index in [1.165, 1.54) is 0 Å². The highest BCUT2D eigenvalue weighted by molar-refractivity contribution is 6.25. The second-order valence-corrected chi connectivity index (χ2v) is 5.30. The van der Waals surface area contributed by atoms with Crippen LogP contribution in [0.4, 0.5) is 0 Å². The number of unbranched alkanes of at least 4 members (excludes halogenated alkanes) is 1. The van der Waals surface area contributed by atoms with Crippen molar-refractivity contribution in [2.45, 2.75) is 33.6 Å². The fraction of sp³-hybridized carbons (Fsp3) is 0.471. The Morgan fingerprint density at radius 3 is 2.86 bits per heavy atom. The second kappa shape index (κ2) is 7.20. The molecule has 0 aromatic rings. The number of amides is 1. The molecule has 1 unspecified atom stereocenters.